The maximum Gasteiger partial charge on any atom is 0.266 e. The molecule has 0 heterocycles. The molecule has 24 heavy (non-hydrogen) atoms. The highest BCUT2D eigenvalue weighted by atomic mass is 79.9. The average molecular weight is 387 g/mol. The van der Waals surface area contributed by atoms with Crippen molar-refractivity contribution in [3.05, 3.63) is 58.1 Å². The van der Waals surface area contributed by atoms with E-state index in [1.807, 2.05) is 6.07 Å². The number of methoxy groups -OCH3 is 2. The van der Waals surface area contributed by atoms with Gasteiger partial charge in [0.1, 0.15) is 23.1 Å². The Labute approximate surface area is 148 Å². The van der Waals surface area contributed by atoms with Gasteiger partial charge < -0.3 is 14.8 Å². The Morgan fingerprint density at radius 1 is 1.12 bits per heavy atom. The zero-order valence-corrected chi connectivity index (χ0v) is 14.8. The van der Waals surface area contributed by atoms with Gasteiger partial charge in [0.15, 0.2) is 0 Å². The van der Waals surface area contributed by atoms with Crippen LogP contribution < -0.4 is 14.8 Å². The van der Waals surface area contributed by atoms with Gasteiger partial charge in [-0.1, -0.05) is 22.0 Å². The summed E-state index contributed by atoms with van der Waals surface area (Å²) in [5.74, 6) is 0.518. The largest absolute Gasteiger partial charge is 0.496 e. The van der Waals surface area contributed by atoms with Crippen LogP contribution in [0, 0.1) is 11.3 Å². The number of anilines is 1. The van der Waals surface area contributed by atoms with E-state index in [2.05, 4.69) is 21.2 Å². The molecule has 0 aliphatic rings. The van der Waals surface area contributed by atoms with Crippen LogP contribution in [0.15, 0.2) is 52.5 Å². The van der Waals surface area contributed by atoms with Crippen molar-refractivity contribution in [1.82, 2.24) is 0 Å². The van der Waals surface area contributed by atoms with Gasteiger partial charge >= 0.3 is 0 Å². The molecule has 0 radical (unpaired) electrons. The summed E-state index contributed by atoms with van der Waals surface area (Å²) >= 11 is 3.33. The number of amides is 1. The highest BCUT2D eigenvalue weighted by molar-refractivity contribution is 9.10. The number of benzene rings is 2. The zero-order chi connectivity index (χ0) is 17.5. The number of hydrogen-bond donors (Lipinski definition) is 1. The van der Waals surface area contributed by atoms with Crippen LogP contribution in [0.1, 0.15) is 5.56 Å². The topological polar surface area (TPSA) is 71.3 Å². The minimum Gasteiger partial charge on any atom is -0.496 e. The maximum absolute atomic E-state index is 12.3. The van der Waals surface area contributed by atoms with Crippen LogP contribution in [0.4, 0.5) is 5.69 Å². The number of nitrogens with zero attached hydrogens (tertiary/aromatic N) is 1. The summed E-state index contributed by atoms with van der Waals surface area (Å²) < 4.78 is 11.4. The number of ether oxygens (including phenoxy) is 2. The lowest BCUT2D eigenvalue weighted by Gasteiger charge is -2.10. The third-order valence-electron chi connectivity index (χ3n) is 3.22. The lowest BCUT2D eigenvalue weighted by Crippen LogP contribution is -2.13. The molecule has 0 aliphatic heterocycles. The second-order valence-corrected chi connectivity index (χ2v) is 5.62. The van der Waals surface area contributed by atoms with E-state index in [0.29, 0.717) is 22.7 Å². The molecule has 0 spiro atoms. The monoisotopic (exact) mass is 386 g/mol. The summed E-state index contributed by atoms with van der Waals surface area (Å²) in [5.41, 5.74) is 1.07. The molecule has 1 amide bonds. The number of halogens is 1. The lowest BCUT2D eigenvalue weighted by atomic mass is 10.1. The van der Waals surface area contributed by atoms with E-state index in [0.717, 1.165) is 4.47 Å². The summed E-state index contributed by atoms with van der Waals surface area (Å²) in [4.78, 5) is 12.3. The van der Waals surface area contributed by atoms with Gasteiger partial charge in [-0.3, -0.25) is 4.79 Å². The lowest BCUT2D eigenvalue weighted by molar-refractivity contribution is -0.112. The fraction of sp³-hybridized carbons (Fsp3) is 0.111. The summed E-state index contributed by atoms with van der Waals surface area (Å²) in [5, 5.41) is 12.0. The Kier molecular flexibility index (Phi) is 5.99. The molecule has 0 bridgehead atoms. The zero-order valence-electron chi connectivity index (χ0n) is 13.2. The molecule has 0 saturated carbocycles. The van der Waals surface area contributed by atoms with Crippen molar-refractivity contribution in [2.45, 2.75) is 0 Å². The Morgan fingerprint density at radius 2 is 1.71 bits per heavy atom. The molecule has 2 aromatic carbocycles. The molecule has 2 rings (SSSR count). The Hall–Kier alpha value is -2.78. The van der Waals surface area contributed by atoms with Gasteiger partial charge in [-0.15, -0.1) is 0 Å². The number of nitrogens with one attached hydrogen (secondary N) is 1. The molecule has 5 nitrogen and oxygen atoms in total. The minimum absolute atomic E-state index is 0.0549. The third-order valence-corrected chi connectivity index (χ3v) is 3.75. The Balaban J connectivity index is 2.34. The molecule has 122 valence electrons. The van der Waals surface area contributed by atoms with Crippen molar-refractivity contribution in [3.8, 4) is 17.6 Å². The van der Waals surface area contributed by atoms with Crippen molar-refractivity contribution in [1.29, 1.82) is 5.26 Å². The summed E-state index contributed by atoms with van der Waals surface area (Å²) in [6.07, 6.45) is 1.45. The van der Waals surface area contributed by atoms with Crippen molar-refractivity contribution in [2.24, 2.45) is 0 Å². The molecular formula is C18H15BrN2O3. The van der Waals surface area contributed by atoms with Crippen LogP contribution in [0.2, 0.25) is 0 Å². The van der Waals surface area contributed by atoms with E-state index in [-0.39, 0.29) is 5.57 Å². The van der Waals surface area contributed by atoms with E-state index in [1.165, 1.54) is 20.3 Å². The predicted molar refractivity (Wildman–Crippen MR) is 95.9 cm³/mol. The standard InChI is InChI=1S/C18H15BrN2O3/c1-23-16-4-3-5-17(24-2)15(16)10-12(11-20)18(22)21-14-8-6-13(19)7-9-14/h3-10H,1-2H3,(H,21,22)/b12-10+. The van der Waals surface area contributed by atoms with Crippen LogP contribution in [0.3, 0.4) is 0 Å². The van der Waals surface area contributed by atoms with E-state index in [4.69, 9.17) is 9.47 Å². The van der Waals surface area contributed by atoms with Gasteiger partial charge in [-0.05, 0) is 42.5 Å². The molecule has 1 N–H and O–H groups in total. The van der Waals surface area contributed by atoms with Crippen molar-refractivity contribution < 1.29 is 14.3 Å². The molecule has 0 unspecified atom stereocenters. The first-order valence-corrected chi connectivity index (χ1v) is 7.78. The van der Waals surface area contributed by atoms with E-state index in [9.17, 15) is 10.1 Å². The second-order valence-electron chi connectivity index (χ2n) is 4.71. The number of rotatable bonds is 5. The summed E-state index contributed by atoms with van der Waals surface area (Å²) in [7, 11) is 3.03. The fourth-order valence-corrected chi connectivity index (χ4v) is 2.31. The van der Waals surface area contributed by atoms with Gasteiger partial charge in [0.25, 0.3) is 5.91 Å². The fourth-order valence-electron chi connectivity index (χ4n) is 2.05. The summed E-state index contributed by atoms with van der Waals surface area (Å²) in [6.45, 7) is 0. The highest BCUT2D eigenvalue weighted by Gasteiger charge is 2.14. The molecule has 6 heteroatoms. The first kappa shape index (κ1) is 17.6. The molecule has 0 atom stereocenters. The van der Waals surface area contributed by atoms with Crippen molar-refractivity contribution in [3.63, 3.8) is 0 Å². The SMILES string of the molecule is COc1cccc(OC)c1/C=C(\C#N)C(=O)Nc1ccc(Br)cc1. The molecular weight excluding hydrogens is 372 g/mol. The van der Waals surface area contributed by atoms with E-state index in [1.54, 1.807) is 42.5 Å². The van der Waals surface area contributed by atoms with Gasteiger partial charge in [0.05, 0.1) is 19.8 Å². The first-order valence-electron chi connectivity index (χ1n) is 6.98. The molecule has 0 aliphatic carbocycles. The van der Waals surface area contributed by atoms with Crippen molar-refractivity contribution in [2.75, 3.05) is 19.5 Å². The van der Waals surface area contributed by atoms with Crippen LogP contribution in [-0.4, -0.2) is 20.1 Å². The Morgan fingerprint density at radius 3 is 2.21 bits per heavy atom. The molecule has 2 aromatic rings. The van der Waals surface area contributed by atoms with E-state index < -0.39 is 5.91 Å². The highest BCUT2D eigenvalue weighted by Crippen LogP contribution is 2.30. The number of carbonyl (C=O) groups is 1. The van der Waals surface area contributed by atoms with Gasteiger partial charge in [-0.25, -0.2) is 0 Å². The van der Waals surface area contributed by atoms with Gasteiger partial charge in [-0.2, -0.15) is 5.26 Å². The van der Waals surface area contributed by atoms with Crippen LogP contribution in [0.5, 0.6) is 11.5 Å². The van der Waals surface area contributed by atoms with Crippen LogP contribution >= 0.6 is 15.9 Å². The quantitative estimate of drug-likeness (QED) is 0.622. The number of nitriles is 1. The number of carbonyl (C=O) groups excluding carboxylic acids is 1. The van der Waals surface area contributed by atoms with Crippen LogP contribution in [-0.2, 0) is 4.79 Å². The van der Waals surface area contributed by atoms with E-state index >= 15 is 0 Å². The van der Waals surface area contributed by atoms with Crippen LogP contribution in [0.25, 0.3) is 6.08 Å². The average Bonchev–Trinajstić information content (AvgIpc) is 2.61. The molecule has 0 aromatic heterocycles. The maximum atomic E-state index is 12.3. The van der Waals surface area contributed by atoms with Gasteiger partial charge in [0, 0.05) is 10.2 Å². The predicted octanol–water partition coefficient (Wildman–Crippen LogP) is 4.01. The third kappa shape index (κ3) is 4.15. The van der Waals surface area contributed by atoms with Gasteiger partial charge in [0.2, 0.25) is 0 Å². The second kappa shape index (κ2) is 8.18. The van der Waals surface area contributed by atoms with Crippen molar-refractivity contribution >= 4 is 33.6 Å². The molecule has 0 fully saturated rings. The normalized spacial score (nSPS) is 10.7. The minimum atomic E-state index is -0.507. The summed E-state index contributed by atoms with van der Waals surface area (Å²) in [6, 6.07) is 14.2. The Bertz CT molecular complexity index is 786. The molecule has 0 saturated heterocycles. The number of hydrogen-bond acceptors (Lipinski definition) is 4. The first-order chi connectivity index (χ1) is 11.6. The smallest absolute Gasteiger partial charge is 0.266 e.